The van der Waals surface area contributed by atoms with Gasteiger partial charge in [0, 0.05) is 28.5 Å². The fourth-order valence-corrected chi connectivity index (χ4v) is 7.09. The fourth-order valence-electron chi connectivity index (χ4n) is 3.47. The Balaban J connectivity index is 0.000000258. The Morgan fingerprint density at radius 1 is 0.929 bits per heavy atom. The van der Waals surface area contributed by atoms with Crippen molar-refractivity contribution in [3.63, 3.8) is 0 Å². The predicted octanol–water partition coefficient (Wildman–Crippen LogP) is 5.46. The number of benzene rings is 3. The first kappa shape index (κ1) is 31.5. The van der Waals surface area contributed by atoms with Crippen molar-refractivity contribution in [1.82, 2.24) is 17.5 Å². The molecule has 0 saturated carbocycles. The van der Waals surface area contributed by atoms with Gasteiger partial charge in [-0.2, -0.15) is 17.5 Å². The predicted molar refractivity (Wildman–Crippen MR) is 163 cm³/mol. The highest BCUT2D eigenvalue weighted by molar-refractivity contribution is 8.14. The summed E-state index contributed by atoms with van der Waals surface area (Å²) < 4.78 is 71.0. The number of rotatable bonds is 7. The lowest BCUT2D eigenvalue weighted by molar-refractivity contribution is -0.140. The Hall–Kier alpha value is -3.39. The van der Waals surface area contributed by atoms with Gasteiger partial charge >= 0.3 is 5.97 Å². The number of sulfonamides is 1. The van der Waals surface area contributed by atoms with Crippen LogP contribution in [0.3, 0.4) is 0 Å². The molecule has 0 aliphatic heterocycles. The normalized spacial score (nSPS) is 11.3. The summed E-state index contributed by atoms with van der Waals surface area (Å²) in [5.74, 6) is 5.54. The zero-order valence-electron chi connectivity index (χ0n) is 21.4. The SMILES string of the molecule is COC(=O)CCCC#Cc1cc(Cl)ccc1NS(=O)(=O)c1cccc2nsnc12.O=S(=O)(Cl)c1cccc2nsnc12. The van der Waals surface area contributed by atoms with E-state index in [0.29, 0.717) is 51.2 Å². The molecule has 0 aliphatic carbocycles. The molecule has 17 heteroatoms. The molecule has 218 valence electrons. The van der Waals surface area contributed by atoms with Crippen LogP contribution in [-0.2, 0) is 28.6 Å². The van der Waals surface area contributed by atoms with Crippen LogP contribution in [0.15, 0.2) is 64.4 Å². The molecule has 0 bridgehead atoms. The van der Waals surface area contributed by atoms with Crippen LogP contribution >= 0.6 is 45.7 Å². The van der Waals surface area contributed by atoms with E-state index in [-0.39, 0.29) is 22.2 Å². The second kappa shape index (κ2) is 13.7. The maximum atomic E-state index is 12.9. The Morgan fingerprint density at radius 2 is 1.55 bits per heavy atom. The van der Waals surface area contributed by atoms with Crippen molar-refractivity contribution in [2.45, 2.75) is 29.1 Å². The fraction of sp³-hybridized carbons (Fsp3) is 0.160. The highest BCUT2D eigenvalue weighted by Gasteiger charge is 2.21. The number of unbranched alkanes of at least 4 members (excludes halogenated alkanes) is 1. The summed E-state index contributed by atoms with van der Waals surface area (Å²) in [5, 5.41) is 0.428. The number of anilines is 1. The molecular formula is C25H19Cl2N5O6S4. The van der Waals surface area contributed by atoms with E-state index >= 15 is 0 Å². The molecule has 0 aliphatic rings. The van der Waals surface area contributed by atoms with E-state index in [9.17, 15) is 21.6 Å². The molecule has 2 heterocycles. The molecule has 42 heavy (non-hydrogen) atoms. The van der Waals surface area contributed by atoms with Crippen molar-refractivity contribution in [2.75, 3.05) is 11.8 Å². The third-order valence-electron chi connectivity index (χ3n) is 5.41. The molecule has 2 aromatic heterocycles. The van der Waals surface area contributed by atoms with Crippen LogP contribution in [0.4, 0.5) is 5.69 Å². The van der Waals surface area contributed by atoms with E-state index < -0.39 is 19.1 Å². The van der Waals surface area contributed by atoms with Gasteiger partial charge in [0.2, 0.25) is 0 Å². The zero-order valence-corrected chi connectivity index (χ0v) is 26.2. The summed E-state index contributed by atoms with van der Waals surface area (Å²) in [5.41, 5.74) is 2.45. The van der Waals surface area contributed by atoms with E-state index in [1.165, 1.54) is 19.2 Å². The van der Waals surface area contributed by atoms with E-state index in [0.717, 1.165) is 23.5 Å². The molecule has 0 saturated heterocycles. The molecule has 5 rings (SSSR count). The molecule has 0 unspecified atom stereocenters. The number of carbonyl (C=O) groups is 1. The third kappa shape index (κ3) is 7.91. The molecule has 0 spiro atoms. The van der Waals surface area contributed by atoms with E-state index in [1.807, 2.05) is 0 Å². The van der Waals surface area contributed by atoms with Gasteiger partial charge in [-0.1, -0.05) is 35.6 Å². The van der Waals surface area contributed by atoms with Crippen LogP contribution in [0.5, 0.6) is 0 Å². The molecule has 0 fully saturated rings. The lowest BCUT2D eigenvalue weighted by Gasteiger charge is -2.10. The molecule has 11 nitrogen and oxygen atoms in total. The number of aromatic nitrogens is 4. The van der Waals surface area contributed by atoms with Crippen molar-refractivity contribution in [3.05, 3.63) is 65.2 Å². The molecule has 0 radical (unpaired) electrons. The minimum Gasteiger partial charge on any atom is -0.469 e. The number of halogens is 2. The van der Waals surface area contributed by atoms with Gasteiger partial charge in [-0.3, -0.25) is 9.52 Å². The summed E-state index contributed by atoms with van der Waals surface area (Å²) in [6.45, 7) is 0. The summed E-state index contributed by atoms with van der Waals surface area (Å²) in [6.07, 6.45) is 1.27. The topological polar surface area (TPSA) is 158 Å². The lowest BCUT2D eigenvalue weighted by atomic mass is 10.1. The van der Waals surface area contributed by atoms with Gasteiger partial charge < -0.3 is 4.74 Å². The number of hydrogen-bond donors (Lipinski definition) is 1. The zero-order chi connectivity index (χ0) is 30.3. The second-order valence-corrected chi connectivity index (χ2v) is 13.9. The van der Waals surface area contributed by atoms with Crippen LogP contribution < -0.4 is 4.72 Å². The van der Waals surface area contributed by atoms with Crippen molar-refractivity contribution in [2.24, 2.45) is 0 Å². The maximum Gasteiger partial charge on any atom is 0.305 e. The lowest BCUT2D eigenvalue weighted by Crippen LogP contribution is -2.14. The van der Waals surface area contributed by atoms with Crippen LogP contribution in [0, 0.1) is 11.8 Å². The minimum atomic E-state index is -3.91. The van der Waals surface area contributed by atoms with Crippen molar-refractivity contribution in [1.29, 1.82) is 0 Å². The Bertz CT molecular complexity index is 2040. The number of nitrogens with zero attached hydrogens (tertiary/aromatic N) is 4. The van der Waals surface area contributed by atoms with Gasteiger partial charge in [-0.15, -0.1) is 0 Å². The Labute approximate surface area is 259 Å². The van der Waals surface area contributed by atoms with Crippen molar-refractivity contribution in [3.8, 4) is 11.8 Å². The monoisotopic (exact) mass is 683 g/mol. The van der Waals surface area contributed by atoms with Gasteiger partial charge in [0.15, 0.2) is 0 Å². The quantitative estimate of drug-likeness (QED) is 0.101. The molecule has 1 N–H and O–H groups in total. The van der Waals surface area contributed by atoms with Crippen LogP contribution in [-0.4, -0.2) is 47.4 Å². The molecule has 0 atom stereocenters. The largest absolute Gasteiger partial charge is 0.469 e. The number of fused-ring (bicyclic) bond motifs is 2. The first-order valence-corrected chi connectivity index (χ1v) is 17.4. The number of ether oxygens (including phenoxy) is 1. The van der Waals surface area contributed by atoms with Gasteiger partial charge in [0.05, 0.1) is 41.8 Å². The smallest absolute Gasteiger partial charge is 0.305 e. The number of nitrogens with one attached hydrogen (secondary N) is 1. The number of esters is 1. The first-order chi connectivity index (χ1) is 20.0. The minimum absolute atomic E-state index is 0.0143. The number of carbonyl (C=O) groups excluding carboxylic acids is 1. The van der Waals surface area contributed by atoms with Gasteiger partial charge in [0.25, 0.3) is 19.1 Å². The summed E-state index contributed by atoms with van der Waals surface area (Å²) >= 11 is 7.95. The van der Waals surface area contributed by atoms with Gasteiger partial charge in [-0.25, -0.2) is 16.8 Å². The third-order valence-corrected chi connectivity index (χ3v) is 9.48. The molecule has 3 aromatic carbocycles. The summed E-state index contributed by atoms with van der Waals surface area (Å²) in [4.78, 5) is 11.2. The standard InChI is InChI=1S/C19H16ClN3O4S2.C6H3ClN2O2S2/c1-27-18(24)9-4-2-3-6-13-12-14(20)10-11-15(13)23-29(25,26)17-8-5-7-16-19(17)22-28-21-16;7-13(10,11)5-3-1-2-4-6(5)9-12-8-4/h5,7-8,10-12,23H,2,4,9H2,1H3;1-3H. The molecule has 0 amide bonds. The molecule has 5 aromatic rings. The second-order valence-electron chi connectivity index (χ2n) is 8.24. The highest BCUT2D eigenvalue weighted by atomic mass is 35.7. The summed E-state index contributed by atoms with van der Waals surface area (Å²) in [6, 6.07) is 14.2. The molecular weight excluding hydrogens is 665 g/mol. The average Bonchev–Trinajstić information content (AvgIpc) is 3.63. The average molecular weight is 685 g/mol. The van der Waals surface area contributed by atoms with Gasteiger partial charge in [-0.05, 0) is 48.9 Å². The van der Waals surface area contributed by atoms with Gasteiger partial charge in [0.1, 0.15) is 31.9 Å². The first-order valence-electron chi connectivity index (χ1n) is 11.7. The van der Waals surface area contributed by atoms with Crippen LogP contribution in [0.1, 0.15) is 24.8 Å². The Morgan fingerprint density at radius 3 is 2.17 bits per heavy atom. The number of hydrogen-bond acceptors (Lipinski definition) is 12. The van der Waals surface area contributed by atoms with E-state index in [1.54, 1.807) is 42.5 Å². The van der Waals surface area contributed by atoms with E-state index in [2.05, 4.69) is 38.8 Å². The van der Waals surface area contributed by atoms with Crippen LogP contribution in [0.2, 0.25) is 5.02 Å². The number of methoxy groups -OCH3 is 1. The van der Waals surface area contributed by atoms with Crippen LogP contribution in [0.25, 0.3) is 22.1 Å². The van der Waals surface area contributed by atoms with E-state index in [4.69, 9.17) is 22.3 Å². The highest BCUT2D eigenvalue weighted by Crippen LogP contribution is 2.27. The van der Waals surface area contributed by atoms with Crippen molar-refractivity contribution < 1.29 is 26.4 Å². The summed E-state index contributed by atoms with van der Waals surface area (Å²) in [7, 11) is -1.10. The maximum absolute atomic E-state index is 12.9. The Kier molecular flexibility index (Phi) is 10.3. The van der Waals surface area contributed by atoms with Crippen molar-refractivity contribution >= 4 is 98.5 Å².